The molecular weight excluding hydrogens is 346 g/mol. The van der Waals surface area contributed by atoms with E-state index in [0.717, 1.165) is 22.6 Å². The SMILES string of the molecule is COc1cccc(C2CC(C(=O)NCc3cc(OC)ccc3OC)NN2)c1. The van der Waals surface area contributed by atoms with Crippen LogP contribution in [0.3, 0.4) is 0 Å². The number of carbonyl (C=O) groups excluding carboxylic acids is 1. The highest BCUT2D eigenvalue weighted by molar-refractivity contribution is 5.82. The van der Waals surface area contributed by atoms with Crippen molar-refractivity contribution >= 4 is 5.91 Å². The molecule has 0 saturated carbocycles. The molecule has 2 atom stereocenters. The fourth-order valence-corrected chi connectivity index (χ4v) is 3.13. The smallest absolute Gasteiger partial charge is 0.238 e. The number of nitrogens with one attached hydrogen (secondary N) is 3. The molecule has 0 aromatic heterocycles. The largest absolute Gasteiger partial charge is 0.497 e. The van der Waals surface area contributed by atoms with Crippen molar-refractivity contribution in [2.24, 2.45) is 0 Å². The lowest BCUT2D eigenvalue weighted by Crippen LogP contribution is -2.42. The topological polar surface area (TPSA) is 80.9 Å². The van der Waals surface area contributed by atoms with Crippen LogP contribution < -0.4 is 30.4 Å². The van der Waals surface area contributed by atoms with Gasteiger partial charge in [0, 0.05) is 18.2 Å². The van der Waals surface area contributed by atoms with E-state index < -0.39 is 0 Å². The van der Waals surface area contributed by atoms with Crippen molar-refractivity contribution in [3.8, 4) is 17.2 Å². The van der Waals surface area contributed by atoms with Gasteiger partial charge in [-0.05, 0) is 42.3 Å². The highest BCUT2D eigenvalue weighted by Gasteiger charge is 2.30. The second-order valence-corrected chi connectivity index (χ2v) is 6.30. The van der Waals surface area contributed by atoms with Gasteiger partial charge in [-0.15, -0.1) is 0 Å². The molecule has 144 valence electrons. The molecule has 0 bridgehead atoms. The van der Waals surface area contributed by atoms with E-state index in [2.05, 4.69) is 16.2 Å². The lowest BCUT2D eigenvalue weighted by atomic mass is 10.0. The molecule has 1 amide bonds. The van der Waals surface area contributed by atoms with Gasteiger partial charge in [-0.3, -0.25) is 4.79 Å². The molecule has 0 aliphatic carbocycles. The maximum atomic E-state index is 12.6. The molecular formula is C20H25N3O4. The molecule has 2 aromatic carbocycles. The molecule has 3 rings (SSSR count). The monoisotopic (exact) mass is 371 g/mol. The minimum atomic E-state index is -0.321. The van der Waals surface area contributed by atoms with Gasteiger partial charge >= 0.3 is 0 Å². The third-order valence-corrected chi connectivity index (χ3v) is 4.66. The minimum Gasteiger partial charge on any atom is -0.497 e. The first kappa shape index (κ1) is 19.0. The molecule has 27 heavy (non-hydrogen) atoms. The molecule has 1 aliphatic heterocycles. The molecule has 0 radical (unpaired) electrons. The van der Waals surface area contributed by atoms with E-state index in [-0.39, 0.29) is 18.0 Å². The lowest BCUT2D eigenvalue weighted by molar-refractivity contribution is -0.123. The van der Waals surface area contributed by atoms with Gasteiger partial charge in [0.25, 0.3) is 0 Å². The Kier molecular flexibility index (Phi) is 6.16. The molecule has 1 saturated heterocycles. The average molecular weight is 371 g/mol. The summed E-state index contributed by atoms with van der Waals surface area (Å²) < 4.78 is 15.9. The zero-order valence-electron chi connectivity index (χ0n) is 15.7. The summed E-state index contributed by atoms with van der Waals surface area (Å²) in [7, 11) is 4.86. The summed E-state index contributed by atoms with van der Waals surface area (Å²) in [6, 6.07) is 13.1. The summed E-state index contributed by atoms with van der Waals surface area (Å²) in [5.74, 6) is 2.16. The van der Waals surface area contributed by atoms with Crippen molar-refractivity contribution in [1.29, 1.82) is 0 Å². The van der Waals surface area contributed by atoms with Crippen LogP contribution >= 0.6 is 0 Å². The number of rotatable bonds is 7. The van der Waals surface area contributed by atoms with E-state index in [1.807, 2.05) is 42.5 Å². The standard InChI is InChI=1S/C20H25N3O4/c1-25-15-6-4-5-13(9-15)17-11-18(23-22-17)20(24)21-12-14-10-16(26-2)7-8-19(14)27-3/h4-10,17-18,22-23H,11-12H2,1-3H3,(H,21,24). The van der Waals surface area contributed by atoms with Crippen LogP contribution in [0.5, 0.6) is 17.2 Å². The average Bonchev–Trinajstić information content (AvgIpc) is 3.22. The molecule has 7 heteroatoms. The van der Waals surface area contributed by atoms with Gasteiger partial charge in [0.1, 0.15) is 23.3 Å². The molecule has 1 fully saturated rings. The van der Waals surface area contributed by atoms with Gasteiger partial charge in [0.2, 0.25) is 5.91 Å². The highest BCUT2D eigenvalue weighted by atomic mass is 16.5. The number of benzene rings is 2. The van der Waals surface area contributed by atoms with E-state index >= 15 is 0 Å². The summed E-state index contributed by atoms with van der Waals surface area (Å²) >= 11 is 0. The van der Waals surface area contributed by atoms with Crippen molar-refractivity contribution in [3.63, 3.8) is 0 Å². The van der Waals surface area contributed by atoms with Crippen LogP contribution in [0.4, 0.5) is 0 Å². The van der Waals surface area contributed by atoms with Crippen molar-refractivity contribution < 1.29 is 19.0 Å². The van der Waals surface area contributed by atoms with Crippen LogP contribution in [0.2, 0.25) is 0 Å². The second-order valence-electron chi connectivity index (χ2n) is 6.30. The summed E-state index contributed by atoms with van der Waals surface area (Å²) in [5.41, 5.74) is 8.19. The van der Waals surface area contributed by atoms with E-state index in [0.29, 0.717) is 18.7 Å². The van der Waals surface area contributed by atoms with Crippen LogP contribution in [0.25, 0.3) is 0 Å². The number of ether oxygens (including phenoxy) is 3. The summed E-state index contributed by atoms with van der Waals surface area (Å²) in [5, 5.41) is 2.96. The van der Waals surface area contributed by atoms with E-state index in [1.54, 1.807) is 21.3 Å². The molecule has 7 nitrogen and oxygen atoms in total. The number of hydrogen-bond acceptors (Lipinski definition) is 6. The third kappa shape index (κ3) is 4.50. The lowest BCUT2D eigenvalue weighted by Gasteiger charge is -2.14. The maximum Gasteiger partial charge on any atom is 0.238 e. The van der Waals surface area contributed by atoms with Crippen LogP contribution in [0.1, 0.15) is 23.6 Å². The molecule has 0 spiro atoms. The Balaban J connectivity index is 1.59. The van der Waals surface area contributed by atoms with Crippen LogP contribution in [0.15, 0.2) is 42.5 Å². The van der Waals surface area contributed by atoms with Crippen molar-refractivity contribution in [3.05, 3.63) is 53.6 Å². The Bertz CT molecular complexity index is 797. The number of hydrazine groups is 1. The van der Waals surface area contributed by atoms with Gasteiger partial charge in [0.15, 0.2) is 0 Å². The fourth-order valence-electron chi connectivity index (χ4n) is 3.13. The van der Waals surface area contributed by atoms with Gasteiger partial charge in [-0.25, -0.2) is 10.9 Å². The van der Waals surface area contributed by atoms with Gasteiger partial charge in [-0.1, -0.05) is 12.1 Å². The first-order chi connectivity index (χ1) is 13.1. The fraction of sp³-hybridized carbons (Fsp3) is 0.350. The van der Waals surface area contributed by atoms with Crippen LogP contribution in [-0.2, 0) is 11.3 Å². The predicted molar refractivity (Wildman–Crippen MR) is 102 cm³/mol. The number of methoxy groups -OCH3 is 3. The Morgan fingerprint density at radius 1 is 1.04 bits per heavy atom. The van der Waals surface area contributed by atoms with Crippen molar-refractivity contribution in [1.82, 2.24) is 16.2 Å². The Hall–Kier alpha value is -2.77. The summed E-state index contributed by atoms with van der Waals surface area (Å²) in [6.07, 6.45) is 0.647. The molecule has 3 N–H and O–H groups in total. The first-order valence-corrected chi connectivity index (χ1v) is 8.78. The predicted octanol–water partition coefficient (Wildman–Crippen LogP) is 1.94. The highest BCUT2D eigenvalue weighted by Crippen LogP contribution is 2.26. The van der Waals surface area contributed by atoms with Gasteiger partial charge in [-0.2, -0.15) is 0 Å². The van der Waals surface area contributed by atoms with Crippen molar-refractivity contribution in [2.45, 2.75) is 25.0 Å². The Morgan fingerprint density at radius 3 is 2.56 bits per heavy atom. The summed E-state index contributed by atoms with van der Waals surface area (Å²) in [4.78, 5) is 12.6. The van der Waals surface area contributed by atoms with Crippen molar-refractivity contribution in [2.75, 3.05) is 21.3 Å². The Morgan fingerprint density at radius 2 is 1.81 bits per heavy atom. The minimum absolute atomic E-state index is 0.0437. The zero-order valence-corrected chi connectivity index (χ0v) is 15.7. The first-order valence-electron chi connectivity index (χ1n) is 8.78. The third-order valence-electron chi connectivity index (χ3n) is 4.66. The number of hydrogen-bond donors (Lipinski definition) is 3. The van der Waals surface area contributed by atoms with Crippen LogP contribution in [-0.4, -0.2) is 33.3 Å². The summed E-state index contributed by atoms with van der Waals surface area (Å²) in [6.45, 7) is 0.362. The van der Waals surface area contributed by atoms with Crippen LogP contribution in [0, 0.1) is 0 Å². The Labute approximate surface area is 159 Å². The molecule has 2 unspecified atom stereocenters. The molecule has 1 aliphatic rings. The van der Waals surface area contributed by atoms with E-state index in [9.17, 15) is 4.79 Å². The quantitative estimate of drug-likeness (QED) is 0.690. The normalized spacial score (nSPS) is 18.8. The van der Waals surface area contributed by atoms with Gasteiger partial charge in [0.05, 0.1) is 21.3 Å². The second kappa shape index (κ2) is 8.75. The molecule has 2 aromatic rings. The number of amides is 1. The van der Waals surface area contributed by atoms with E-state index in [1.165, 1.54) is 0 Å². The zero-order chi connectivity index (χ0) is 19.2. The van der Waals surface area contributed by atoms with Gasteiger partial charge < -0.3 is 19.5 Å². The molecule has 1 heterocycles. The van der Waals surface area contributed by atoms with E-state index in [4.69, 9.17) is 14.2 Å². The maximum absolute atomic E-state index is 12.6. The number of carbonyl (C=O) groups is 1.